The highest BCUT2D eigenvalue weighted by atomic mass is 16.5. The zero-order valence-electron chi connectivity index (χ0n) is 14.6. The number of benzene rings is 1. The molecule has 0 saturated heterocycles. The van der Waals surface area contributed by atoms with Crippen molar-refractivity contribution in [2.75, 3.05) is 19.8 Å². The van der Waals surface area contributed by atoms with Crippen LogP contribution in [0.2, 0.25) is 0 Å². The molecule has 0 atom stereocenters. The Kier molecular flexibility index (Phi) is 5.92. The summed E-state index contributed by atoms with van der Waals surface area (Å²) in [7, 11) is 0. The number of hydrogen-bond acceptors (Lipinski definition) is 4. The number of hydrogen-bond donors (Lipinski definition) is 0. The van der Waals surface area contributed by atoms with Gasteiger partial charge >= 0.3 is 0 Å². The SMILES string of the molecule is [C-]#[N+]c1c(-c2ccncc2)cc(-c2ccccc2)nc1OCCOCC. The predicted molar refractivity (Wildman–Crippen MR) is 101 cm³/mol. The van der Waals surface area contributed by atoms with Gasteiger partial charge in [-0.25, -0.2) is 9.83 Å². The lowest BCUT2D eigenvalue weighted by Gasteiger charge is -2.13. The number of aromatic nitrogens is 2. The molecular weight excluding hydrogens is 326 g/mol. The molecule has 0 unspecified atom stereocenters. The summed E-state index contributed by atoms with van der Waals surface area (Å²) in [5, 5.41) is 0. The summed E-state index contributed by atoms with van der Waals surface area (Å²) < 4.78 is 11.1. The highest BCUT2D eigenvalue weighted by molar-refractivity contribution is 5.85. The molecule has 26 heavy (non-hydrogen) atoms. The molecule has 0 amide bonds. The monoisotopic (exact) mass is 345 g/mol. The van der Waals surface area contributed by atoms with Gasteiger partial charge in [-0.1, -0.05) is 30.3 Å². The summed E-state index contributed by atoms with van der Waals surface area (Å²) in [4.78, 5) is 12.3. The van der Waals surface area contributed by atoms with Crippen LogP contribution in [-0.2, 0) is 4.74 Å². The van der Waals surface area contributed by atoms with Crippen LogP contribution in [-0.4, -0.2) is 29.8 Å². The summed E-state index contributed by atoms with van der Waals surface area (Å²) in [5.74, 6) is 0.327. The molecular formula is C21H19N3O2. The first-order valence-electron chi connectivity index (χ1n) is 8.42. The van der Waals surface area contributed by atoms with Crippen LogP contribution in [0.3, 0.4) is 0 Å². The minimum Gasteiger partial charge on any atom is -0.484 e. The van der Waals surface area contributed by atoms with Crippen molar-refractivity contribution >= 4 is 5.69 Å². The lowest BCUT2D eigenvalue weighted by Crippen LogP contribution is -2.08. The third-order valence-electron chi connectivity index (χ3n) is 3.80. The van der Waals surface area contributed by atoms with Gasteiger partial charge in [-0.05, 0) is 36.2 Å². The zero-order chi connectivity index (χ0) is 18.2. The fourth-order valence-corrected chi connectivity index (χ4v) is 2.57. The molecule has 0 spiro atoms. The minimum atomic E-state index is 0.327. The highest BCUT2D eigenvalue weighted by Gasteiger charge is 2.16. The molecule has 0 saturated carbocycles. The molecule has 2 aromatic heterocycles. The number of ether oxygens (including phenoxy) is 2. The van der Waals surface area contributed by atoms with Gasteiger partial charge in [0, 0.05) is 24.6 Å². The van der Waals surface area contributed by atoms with E-state index in [0.717, 1.165) is 22.4 Å². The van der Waals surface area contributed by atoms with Crippen molar-refractivity contribution in [2.24, 2.45) is 0 Å². The highest BCUT2D eigenvalue weighted by Crippen LogP contribution is 2.39. The van der Waals surface area contributed by atoms with E-state index in [-0.39, 0.29) is 0 Å². The molecule has 2 heterocycles. The Balaban J connectivity index is 2.08. The van der Waals surface area contributed by atoms with Gasteiger partial charge in [-0.2, -0.15) is 0 Å². The first kappa shape index (κ1) is 17.6. The van der Waals surface area contributed by atoms with Crippen LogP contribution < -0.4 is 4.74 Å². The van der Waals surface area contributed by atoms with Crippen molar-refractivity contribution in [2.45, 2.75) is 6.92 Å². The summed E-state index contributed by atoms with van der Waals surface area (Å²) in [6.07, 6.45) is 3.42. The molecule has 130 valence electrons. The van der Waals surface area contributed by atoms with Crippen LogP contribution in [0.1, 0.15) is 6.92 Å². The standard InChI is InChI=1S/C21H19N3O2/c1-3-25-13-14-26-21-20(22-2)18(16-9-11-23-12-10-16)15-19(24-21)17-7-5-4-6-8-17/h4-12,15H,3,13-14H2,1H3. The largest absolute Gasteiger partial charge is 0.484 e. The molecule has 3 aromatic rings. The third-order valence-corrected chi connectivity index (χ3v) is 3.80. The summed E-state index contributed by atoms with van der Waals surface area (Å²) in [5.41, 5.74) is 3.81. The maximum atomic E-state index is 7.62. The molecule has 0 aliphatic heterocycles. The molecule has 0 radical (unpaired) electrons. The molecule has 0 bridgehead atoms. The summed E-state index contributed by atoms with van der Waals surface area (Å²) in [6, 6.07) is 15.5. The quantitative estimate of drug-likeness (QED) is 0.457. The smallest absolute Gasteiger partial charge is 0.254 e. The lowest BCUT2D eigenvalue weighted by atomic mass is 10.0. The second-order valence-corrected chi connectivity index (χ2v) is 5.47. The molecule has 3 rings (SSSR count). The number of nitrogens with zero attached hydrogens (tertiary/aromatic N) is 3. The van der Waals surface area contributed by atoms with Crippen LogP contribution in [0.15, 0.2) is 60.9 Å². The fourth-order valence-electron chi connectivity index (χ4n) is 2.57. The van der Waals surface area contributed by atoms with Crippen molar-refractivity contribution in [1.29, 1.82) is 0 Å². The maximum Gasteiger partial charge on any atom is 0.254 e. The Hall–Kier alpha value is -3.23. The van der Waals surface area contributed by atoms with E-state index in [0.29, 0.717) is 31.4 Å². The Labute approximate surface area is 153 Å². The van der Waals surface area contributed by atoms with Gasteiger partial charge in [-0.3, -0.25) is 4.98 Å². The first-order valence-corrected chi connectivity index (χ1v) is 8.42. The van der Waals surface area contributed by atoms with Crippen molar-refractivity contribution in [3.63, 3.8) is 0 Å². The van der Waals surface area contributed by atoms with Gasteiger partial charge in [0.25, 0.3) is 5.69 Å². The molecule has 5 heteroatoms. The molecule has 0 N–H and O–H groups in total. The average molecular weight is 345 g/mol. The van der Waals surface area contributed by atoms with Gasteiger partial charge in [-0.15, -0.1) is 0 Å². The molecule has 0 fully saturated rings. The van der Waals surface area contributed by atoms with Crippen LogP contribution in [0.4, 0.5) is 5.69 Å². The van der Waals surface area contributed by atoms with E-state index in [4.69, 9.17) is 16.0 Å². The topological polar surface area (TPSA) is 48.6 Å². The van der Waals surface area contributed by atoms with E-state index < -0.39 is 0 Å². The zero-order valence-corrected chi connectivity index (χ0v) is 14.6. The van der Waals surface area contributed by atoms with Gasteiger partial charge in [0.15, 0.2) is 0 Å². The molecule has 0 aliphatic rings. The predicted octanol–water partition coefficient (Wildman–Crippen LogP) is 4.78. The van der Waals surface area contributed by atoms with E-state index in [1.54, 1.807) is 12.4 Å². The first-order chi connectivity index (χ1) is 12.8. The van der Waals surface area contributed by atoms with Gasteiger partial charge < -0.3 is 9.47 Å². The normalized spacial score (nSPS) is 10.3. The van der Waals surface area contributed by atoms with Crippen LogP contribution >= 0.6 is 0 Å². The van der Waals surface area contributed by atoms with Crippen molar-refractivity contribution in [3.05, 3.63) is 72.3 Å². The van der Waals surface area contributed by atoms with Gasteiger partial charge in [0.05, 0.1) is 18.9 Å². The average Bonchev–Trinajstić information content (AvgIpc) is 2.72. The van der Waals surface area contributed by atoms with Gasteiger partial charge in [0.2, 0.25) is 5.88 Å². The molecule has 0 aliphatic carbocycles. The summed E-state index contributed by atoms with van der Waals surface area (Å²) >= 11 is 0. The van der Waals surface area contributed by atoms with Crippen molar-refractivity contribution in [3.8, 4) is 28.3 Å². The maximum absolute atomic E-state index is 7.62. The van der Waals surface area contributed by atoms with Gasteiger partial charge in [0.1, 0.15) is 6.61 Å². The van der Waals surface area contributed by atoms with Crippen molar-refractivity contribution < 1.29 is 9.47 Å². The van der Waals surface area contributed by atoms with E-state index in [1.165, 1.54) is 0 Å². The fraction of sp³-hybridized carbons (Fsp3) is 0.190. The minimum absolute atomic E-state index is 0.327. The second kappa shape index (κ2) is 8.75. The summed E-state index contributed by atoms with van der Waals surface area (Å²) in [6.45, 7) is 11.0. The Morgan fingerprint density at radius 2 is 1.77 bits per heavy atom. The molecule has 5 nitrogen and oxygen atoms in total. The van der Waals surface area contributed by atoms with Crippen LogP contribution in [0.25, 0.3) is 27.2 Å². The Morgan fingerprint density at radius 3 is 2.46 bits per heavy atom. The van der Waals surface area contributed by atoms with Crippen molar-refractivity contribution in [1.82, 2.24) is 9.97 Å². The number of pyridine rings is 2. The Morgan fingerprint density at radius 1 is 1.00 bits per heavy atom. The molecule has 1 aromatic carbocycles. The van der Waals surface area contributed by atoms with E-state index >= 15 is 0 Å². The Bertz CT molecular complexity index is 890. The third kappa shape index (κ3) is 4.05. The van der Waals surface area contributed by atoms with Crippen LogP contribution in [0, 0.1) is 6.57 Å². The lowest BCUT2D eigenvalue weighted by molar-refractivity contribution is 0.109. The van der Waals surface area contributed by atoms with E-state index in [2.05, 4.69) is 14.8 Å². The van der Waals surface area contributed by atoms with E-state index in [9.17, 15) is 0 Å². The van der Waals surface area contributed by atoms with E-state index in [1.807, 2.05) is 55.5 Å². The second-order valence-electron chi connectivity index (χ2n) is 5.47. The number of rotatable bonds is 7. The van der Waals surface area contributed by atoms with Crippen LogP contribution in [0.5, 0.6) is 5.88 Å².